The Morgan fingerprint density at radius 2 is 2.09 bits per heavy atom. The Hall–Kier alpha value is -1.99. The summed E-state index contributed by atoms with van der Waals surface area (Å²) in [7, 11) is 0. The van der Waals surface area contributed by atoms with Crippen molar-refractivity contribution in [2.24, 2.45) is 0 Å². The van der Waals surface area contributed by atoms with Gasteiger partial charge < -0.3 is 15.2 Å². The van der Waals surface area contributed by atoms with E-state index < -0.39 is 6.10 Å². The fraction of sp³-hybridized carbons (Fsp3) is 0.375. The van der Waals surface area contributed by atoms with Gasteiger partial charge in [-0.05, 0) is 24.3 Å². The second kappa shape index (κ2) is 8.03. The Labute approximate surface area is 138 Å². The highest BCUT2D eigenvalue weighted by Gasteiger charge is 2.14. The van der Waals surface area contributed by atoms with Gasteiger partial charge in [0.25, 0.3) is 5.91 Å². The van der Waals surface area contributed by atoms with Gasteiger partial charge in [0, 0.05) is 12.5 Å². The summed E-state index contributed by atoms with van der Waals surface area (Å²) >= 11 is 1.34. The minimum Gasteiger partial charge on any atom is -0.491 e. The molecule has 0 aliphatic rings. The van der Waals surface area contributed by atoms with Crippen molar-refractivity contribution in [1.82, 2.24) is 10.3 Å². The summed E-state index contributed by atoms with van der Waals surface area (Å²) in [4.78, 5) is 16.7. The Kier molecular flexibility index (Phi) is 6.06. The first kappa shape index (κ1) is 17.4. The fourth-order valence-electron chi connectivity index (χ4n) is 1.74. The van der Waals surface area contributed by atoms with E-state index in [1.165, 1.54) is 41.8 Å². The zero-order valence-electron chi connectivity index (χ0n) is 13.0. The lowest BCUT2D eigenvalue weighted by atomic mass is 10.2. The third-order valence-electron chi connectivity index (χ3n) is 3.00. The maximum atomic E-state index is 12.8. The molecule has 0 fully saturated rings. The van der Waals surface area contributed by atoms with Crippen LogP contribution in [0.4, 0.5) is 4.39 Å². The summed E-state index contributed by atoms with van der Waals surface area (Å²) < 4.78 is 18.1. The zero-order valence-corrected chi connectivity index (χ0v) is 13.8. The number of aliphatic hydroxyl groups excluding tert-OH is 1. The molecule has 0 spiro atoms. The molecule has 5 nitrogen and oxygen atoms in total. The van der Waals surface area contributed by atoms with Crippen LogP contribution in [0.25, 0.3) is 0 Å². The molecule has 1 atom stereocenters. The first-order valence-corrected chi connectivity index (χ1v) is 8.07. The normalized spacial score (nSPS) is 12.2. The van der Waals surface area contributed by atoms with Crippen LogP contribution in [0.1, 0.15) is 34.4 Å². The Morgan fingerprint density at radius 3 is 2.70 bits per heavy atom. The molecule has 2 rings (SSSR count). The molecule has 1 aromatic heterocycles. The van der Waals surface area contributed by atoms with E-state index in [2.05, 4.69) is 10.3 Å². The molecule has 2 aromatic rings. The first-order valence-electron chi connectivity index (χ1n) is 7.26. The number of nitrogens with one attached hydrogen (secondary N) is 1. The highest BCUT2D eigenvalue weighted by molar-refractivity contribution is 7.13. The second-order valence-corrected chi connectivity index (χ2v) is 6.41. The van der Waals surface area contributed by atoms with Crippen LogP contribution in [-0.4, -0.2) is 35.3 Å². The molecule has 1 aromatic carbocycles. The Bertz CT molecular complexity index is 643. The lowest BCUT2D eigenvalue weighted by Gasteiger charge is -2.12. The van der Waals surface area contributed by atoms with Crippen LogP contribution in [0.3, 0.4) is 0 Å². The van der Waals surface area contributed by atoms with Crippen LogP contribution in [0.15, 0.2) is 30.5 Å². The summed E-state index contributed by atoms with van der Waals surface area (Å²) in [6.45, 7) is 4.09. The number of aliphatic hydroxyl groups is 1. The molecule has 2 N–H and O–H groups in total. The predicted octanol–water partition coefficient (Wildman–Crippen LogP) is 2.58. The maximum Gasteiger partial charge on any atom is 0.263 e. The molecule has 0 aliphatic carbocycles. The number of hydrogen-bond acceptors (Lipinski definition) is 5. The van der Waals surface area contributed by atoms with Gasteiger partial charge in [-0.15, -0.1) is 11.3 Å². The molecule has 124 valence electrons. The van der Waals surface area contributed by atoms with E-state index in [4.69, 9.17) is 4.74 Å². The number of ether oxygens (including phenoxy) is 1. The number of nitrogens with zero attached hydrogens (tertiary/aromatic N) is 1. The number of carbonyl (C=O) groups excluding carboxylic acids is 1. The molecule has 0 bridgehead atoms. The number of halogens is 1. The van der Waals surface area contributed by atoms with Gasteiger partial charge in [-0.1, -0.05) is 13.8 Å². The number of thiazole rings is 1. The van der Waals surface area contributed by atoms with Crippen LogP contribution < -0.4 is 10.1 Å². The predicted molar refractivity (Wildman–Crippen MR) is 86.4 cm³/mol. The topological polar surface area (TPSA) is 71.5 Å². The number of hydrogen-bond donors (Lipinski definition) is 2. The molecule has 7 heteroatoms. The first-order chi connectivity index (χ1) is 11.0. The van der Waals surface area contributed by atoms with Crippen LogP contribution in [-0.2, 0) is 0 Å². The van der Waals surface area contributed by atoms with Crippen LogP contribution in [0.2, 0.25) is 0 Å². The molecule has 1 amide bonds. The van der Waals surface area contributed by atoms with E-state index in [0.29, 0.717) is 10.6 Å². The molecule has 0 saturated carbocycles. The van der Waals surface area contributed by atoms with Crippen LogP contribution >= 0.6 is 11.3 Å². The van der Waals surface area contributed by atoms with Gasteiger partial charge in [-0.2, -0.15) is 0 Å². The van der Waals surface area contributed by atoms with Crippen molar-refractivity contribution < 1.29 is 19.0 Å². The minimum absolute atomic E-state index is 0.00580. The number of benzene rings is 1. The van der Waals surface area contributed by atoms with Gasteiger partial charge in [0.15, 0.2) is 0 Å². The van der Waals surface area contributed by atoms with E-state index >= 15 is 0 Å². The number of rotatable bonds is 7. The van der Waals surface area contributed by atoms with E-state index in [1.54, 1.807) is 0 Å². The molecule has 0 radical (unpaired) electrons. The Balaban J connectivity index is 1.75. The average Bonchev–Trinajstić information content (AvgIpc) is 3.02. The molecular weight excluding hydrogens is 319 g/mol. The molecule has 23 heavy (non-hydrogen) atoms. The second-order valence-electron chi connectivity index (χ2n) is 5.35. The van der Waals surface area contributed by atoms with Crippen molar-refractivity contribution in [2.45, 2.75) is 25.9 Å². The van der Waals surface area contributed by atoms with E-state index in [0.717, 1.165) is 5.01 Å². The highest BCUT2D eigenvalue weighted by atomic mass is 32.1. The number of carbonyl (C=O) groups is 1. The van der Waals surface area contributed by atoms with Gasteiger partial charge in [0.05, 0.1) is 11.2 Å². The SMILES string of the molecule is CC(C)c1ncc(C(=O)NCC(O)COc2ccc(F)cc2)s1. The largest absolute Gasteiger partial charge is 0.491 e. The van der Waals surface area contributed by atoms with Crippen molar-refractivity contribution >= 4 is 17.2 Å². The fourth-order valence-corrected chi connectivity index (χ4v) is 2.58. The van der Waals surface area contributed by atoms with Crippen molar-refractivity contribution in [2.75, 3.05) is 13.2 Å². The van der Waals surface area contributed by atoms with E-state index in [1.807, 2.05) is 13.8 Å². The molecule has 0 saturated heterocycles. The van der Waals surface area contributed by atoms with E-state index in [-0.39, 0.29) is 30.8 Å². The summed E-state index contributed by atoms with van der Waals surface area (Å²) in [6.07, 6.45) is 0.679. The Morgan fingerprint density at radius 1 is 1.39 bits per heavy atom. The summed E-state index contributed by atoms with van der Waals surface area (Å²) in [6, 6.07) is 5.51. The van der Waals surface area contributed by atoms with Crippen LogP contribution in [0.5, 0.6) is 5.75 Å². The van der Waals surface area contributed by atoms with Gasteiger partial charge >= 0.3 is 0 Å². The molecule has 1 heterocycles. The monoisotopic (exact) mass is 338 g/mol. The summed E-state index contributed by atoms with van der Waals surface area (Å²) in [5.74, 6) is 0.114. The smallest absolute Gasteiger partial charge is 0.263 e. The van der Waals surface area contributed by atoms with Gasteiger partial charge in [0.2, 0.25) is 0 Å². The van der Waals surface area contributed by atoms with Crippen molar-refractivity contribution in [1.29, 1.82) is 0 Å². The number of aromatic nitrogens is 1. The van der Waals surface area contributed by atoms with Gasteiger partial charge in [-0.25, -0.2) is 9.37 Å². The quantitative estimate of drug-likeness (QED) is 0.814. The third-order valence-corrected chi connectivity index (χ3v) is 4.29. The lowest BCUT2D eigenvalue weighted by Crippen LogP contribution is -2.35. The minimum atomic E-state index is -0.860. The highest BCUT2D eigenvalue weighted by Crippen LogP contribution is 2.20. The zero-order chi connectivity index (χ0) is 16.8. The average molecular weight is 338 g/mol. The maximum absolute atomic E-state index is 12.8. The van der Waals surface area contributed by atoms with E-state index in [9.17, 15) is 14.3 Å². The van der Waals surface area contributed by atoms with Crippen molar-refractivity contribution in [3.8, 4) is 5.75 Å². The van der Waals surface area contributed by atoms with Crippen molar-refractivity contribution in [3.63, 3.8) is 0 Å². The lowest BCUT2D eigenvalue weighted by molar-refractivity contribution is 0.0846. The summed E-state index contributed by atoms with van der Waals surface area (Å²) in [5, 5.41) is 13.4. The van der Waals surface area contributed by atoms with Gasteiger partial charge in [-0.3, -0.25) is 4.79 Å². The molecule has 1 unspecified atom stereocenters. The summed E-state index contributed by atoms with van der Waals surface area (Å²) in [5.41, 5.74) is 0. The molecule has 0 aliphatic heterocycles. The number of amides is 1. The third kappa shape index (κ3) is 5.30. The molecular formula is C16H19FN2O3S. The standard InChI is InChI=1S/C16H19FN2O3S/c1-10(2)16-19-8-14(23-16)15(21)18-7-12(20)9-22-13-5-3-11(17)4-6-13/h3-6,8,10,12,20H,7,9H2,1-2H3,(H,18,21). The van der Waals surface area contributed by atoms with Gasteiger partial charge in [0.1, 0.15) is 29.2 Å². The van der Waals surface area contributed by atoms with Crippen molar-refractivity contribution in [3.05, 3.63) is 46.2 Å². The van der Waals surface area contributed by atoms with Crippen LogP contribution in [0, 0.1) is 5.82 Å².